The zero-order valence-electron chi connectivity index (χ0n) is 11.5. The van der Waals surface area contributed by atoms with Crippen LogP contribution in [0.1, 0.15) is 10.4 Å². The number of sulfonamides is 1. The Balaban J connectivity index is 2.77. The van der Waals surface area contributed by atoms with Crippen molar-refractivity contribution in [1.29, 1.82) is 0 Å². The van der Waals surface area contributed by atoms with E-state index in [0.29, 0.717) is 0 Å². The zero-order valence-corrected chi connectivity index (χ0v) is 13.1. The van der Waals surface area contributed by atoms with Gasteiger partial charge in [-0.3, -0.25) is 0 Å². The summed E-state index contributed by atoms with van der Waals surface area (Å²) >= 11 is 6.00. The highest BCUT2D eigenvalue weighted by Crippen LogP contribution is 2.25. The van der Waals surface area contributed by atoms with Gasteiger partial charge >= 0.3 is 5.97 Å². The topological polar surface area (TPSA) is 126 Å². The molecule has 0 saturated heterocycles. The van der Waals surface area contributed by atoms with Crippen LogP contribution >= 0.6 is 11.6 Å². The molecule has 0 fully saturated rings. The molecule has 0 aliphatic heterocycles. The van der Waals surface area contributed by atoms with E-state index in [-0.39, 0.29) is 22.3 Å². The molecule has 11 heteroatoms. The summed E-state index contributed by atoms with van der Waals surface area (Å²) in [6, 6.07) is 2.92. The third-order valence-corrected chi connectivity index (χ3v) is 3.84. The van der Waals surface area contributed by atoms with Gasteiger partial charge in [0.25, 0.3) is 10.0 Å². The molecule has 0 aromatic carbocycles. The minimum atomic E-state index is -4.30. The summed E-state index contributed by atoms with van der Waals surface area (Å²) in [5.41, 5.74) is -0.328. The van der Waals surface area contributed by atoms with E-state index in [1.54, 1.807) is 0 Å². The second-order valence-corrected chi connectivity index (χ2v) is 5.85. The van der Waals surface area contributed by atoms with Crippen LogP contribution in [0, 0.1) is 0 Å². The minimum absolute atomic E-state index is 0.0554. The summed E-state index contributed by atoms with van der Waals surface area (Å²) in [4.78, 5) is 15.7. The first-order chi connectivity index (χ1) is 10.3. The van der Waals surface area contributed by atoms with Crippen LogP contribution < -0.4 is 9.88 Å². The Kier molecular flexibility index (Phi) is 4.35. The predicted octanol–water partition coefficient (Wildman–Crippen LogP) is 0.363. The van der Waals surface area contributed by atoms with E-state index in [4.69, 9.17) is 21.5 Å². The Hall–Kier alpha value is -2.17. The van der Waals surface area contributed by atoms with Crippen LogP contribution in [0.5, 0.6) is 5.88 Å². The van der Waals surface area contributed by atoms with E-state index in [1.165, 1.54) is 19.2 Å². The standard InChI is InChI=1S/C11H11ClN4O5S/c1-20-8-4-3-7(12)9(15-8)16-10(22(13,18)19)6(5-14-16)11(17)21-2/h3-5H,1-2H3,(H2,13,18,19). The number of hydrogen-bond donors (Lipinski definition) is 1. The SMILES string of the molecule is COC(=O)c1cnn(-c2nc(OC)ccc2Cl)c1S(N)(=O)=O. The predicted molar refractivity (Wildman–Crippen MR) is 75.6 cm³/mol. The van der Waals surface area contributed by atoms with Crippen LogP contribution in [0.25, 0.3) is 5.82 Å². The summed E-state index contributed by atoms with van der Waals surface area (Å²) < 4.78 is 33.9. The number of carbonyl (C=O) groups excluding carboxylic acids is 1. The Bertz CT molecular complexity index is 833. The summed E-state index contributed by atoms with van der Waals surface area (Å²) in [7, 11) is -1.82. The van der Waals surface area contributed by atoms with Crippen molar-refractivity contribution in [3.8, 4) is 11.7 Å². The zero-order chi connectivity index (χ0) is 16.5. The average molecular weight is 347 g/mol. The van der Waals surface area contributed by atoms with E-state index in [9.17, 15) is 13.2 Å². The van der Waals surface area contributed by atoms with Crippen molar-refractivity contribution in [2.24, 2.45) is 5.14 Å². The lowest BCUT2D eigenvalue weighted by Crippen LogP contribution is -2.21. The number of halogens is 1. The average Bonchev–Trinajstić information content (AvgIpc) is 2.91. The van der Waals surface area contributed by atoms with Gasteiger partial charge in [0.05, 0.1) is 25.4 Å². The largest absolute Gasteiger partial charge is 0.481 e. The number of pyridine rings is 1. The van der Waals surface area contributed by atoms with Crippen LogP contribution in [-0.4, -0.2) is 43.4 Å². The van der Waals surface area contributed by atoms with Crippen LogP contribution in [0.2, 0.25) is 5.02 Å². The number of primary sulfonamides is 1. The van der Waals surface area contributed by atoms with Gasteiger partial charge in [-0.25, -0.2) is 18.4 Å². The summed E-state index contributed by atoms with van der Waals surface area (Å²) in [5, 5.41) is 8.47. The van der Waals surface area contributed by atoms with Gasteiger partial charge in [0.1, 0.15) is 5.56 Å². The number of ether oxygens (including phenoxy) is 2. The molecule has 2 aromatic rings. The fourth-order valence-corrected chi connectivity index (χ4v) is 2.69. The van der Waals surface area contributed by atoms with E-state index in [2.05, 4.69) is 14.8 Å². The molecule has 9 nitrogen and oxygen atoms in total. The van der Waals surface area contributed by atoms with E-state index in [0.717, 1.165) is 18.0 Å². The molecule has 0 bridgehead atoms. The smallest absolute Gasteiger partial charge is 0.342 e. The highest BCUT2D eigenvalue weighted by atomic mass is 35.5. The number of nitrogens with zero attached hydrogens (tertiary/aromatic N) is 3. The Morgan fingerprint density at radius 3 is 2.59 bits per heavy atom. The van der Waals surface area contributed by atoms with Crippen molar-refractivity contribution >= 4 is 27.6 Å². The Morgan fingerprint density at radius 2 is 2.05 bits per heavy atom. The number of aromatic nitrogens is 3. The van der Waals surface area contributed by atoms with Crippen molar-refractivity contribution < 1.29 is 22.7 Å². The molecule has 0 aliphatic rings. The van der Waals surface area contributed by atoms with E-state index >= 15 is 0 Å². The Labute approximate surface area is 130 Å². The summed E-state index contributed by atoms with van der Waals surface area (Å²) in [5.74, 6) is -0.788. The lowest BCUT2D eigenvalue weighted by atomic mass is 10.4. The summed E-state index contributed by atoms with van der Waals surface area (Å²) in [6.07, 6.45) is 1.00. The highest BCUT2D eigenvalue weighted by molar-refractivity contribution is 7.89. The Morgan fingerprint density at radius 1 is 1.36 bits per heavy atom. The molecule has 118 valence electrons. The van der Waals surface area contributed by atoms with E-state index < -0.39 is 21.0 Å². The van der Waals surface area contributed by atoms with E-state index in [1.807, 2.05) is 0 Å². The molecule has 0 spiro atoms. The van der Waals surface area contributed by atoms with Crippen molar-refractivity contribution in [3.05, 3.63) is 28.9 Å². The van der Waals surface area contributed by atoms with Crippen LogP contribution in [0.3, 0.4) is 0 Å². The second-order valence-electron chi connectivity index (χ2n) is 3.97. The fraction of sp³-hybridized carbons (Fsp3) is 0.182. The third kappa shape index (κ3) is 2.89. The number of carbonyl (C=O) groups is 1. The second kappa shape index (κ2) is 5.91. The van der Waals surface area contributed by atoms with Gasteiger partial charge in [-0.05, 0) is 6.07 Å². The van der Waals surface area contributed by atoms with Gasteiger partial charge in [0.15, 0.2) is 10.8 Å². The van der Waals surface area contributed by atoms with Gasteiger partial charge in [-0.1, -0.05) is 11.6 Å². The van der Waals surface area contributed by atoms with Gasteiger partial charge < -0.3 is 9.47 Å². The first kappa shape index (κ1) is 16.2. The number of nitrogens with two attached hydrogens (primary N) is 1. The minimum Gasteiger partial charge on any atom is -0.481 e. The van der Waals surface area contributed by atoms with Crippen LogP contribution in [-0.2, 0) is 14.8 Å². The van der Waals surface area contributed by atoms with Crippen LogP contribution in [0.4, 0.5) is 0 Å². The molecule has 0 radical (unpaired) electrons. The maximum atomic E-state index is 11.8. The monoisotopic (exact) mass is 346 g/mol. The molecule has 2 heterocycles. The molecule has 2 aromatic heterocycles. The molecule has 0 unspecified atom stereocenters. The van der Waals surface area contributed by atoms with Crippen molar-refractivity contribution in [1.82, 2.24) is 14.8 Å². The van der Waals surface area contributed by atoms with Gasteiger partial charge in [0.2, 0.25) is 5.88 Å². The van der Waals surface area contributed by atoms with Crippen molar-refractivity contribution in [2.45, 2.75) is 5.03 Å². The van der Waals surface area contributed by atoms with Gasteiger partial charge in [-0.2, -0.15) is 14.8 Å². The molecule has 0 atom stereocenters. The first-order valence-corrected chi connectivity index (χ1v) is 7.62. The lowest BCUT2D eigenvalue weighted by molar-refractivity contribution is 0.0596. The quantitative estimate of drug-likeness (QED) is 0.792. The molecular formula is C11H11ClN4O5S. The van der Waals surface area contributed by atoms with Gasteiger partial charge in [-0.15, -0.1) is 0 Å². The van der Waals surface area contributed by atoms with Crippen LogP contribution in [0.15, 0.2) is 23.4 Å². The maximum absolute atomic E-state index is 11.8. The fourth-order valence-electron chi connectivity index (χ4n) is 1.69. The molecule has 22 heavy (non-hydrogen) atoms. The number of hydrogen-bond acceptors (Lipinski definition) is 7. The normalized spacial score (nSPS) is 11.3. The van der Waals surface area contributed by atoms with Gasteiger partial charge in [0, 0.05) is 6.07 Å². The molecule has 0 aliphatic carbocycles. The van der Waals surface area contributed by atoms with Crippen molar-refractivity contribution in [3.63, 3.8) is 0 Å². The molecule has 2 N–H and O–H groups in total. The molecule has 2 rings (SSSR count). The highest BCUT2D eigenvalue weighted by Gasteiger charge is 2.28. The number of rotatable bonds is 4. The third-order valence-electron chi connectivity index (χ3n) is 2.61. The number of esters is 1. The molecular weight excluding hydrogens is 336 g/mol. The first-order valence-electron chi connectivity index (χ1n) is 5.69. The van der Waals surface area contributed by atoms with Crippen molar-refractivity contribution in [2.75, 3.05) is 14.2 Å². The summed E-state index contributed by atoms with van der Waals surface area (Å²) in [6.45, 7) is 0. The molecule has 0 saturated carbocycles. The molecule has 0 amide bonds. The number of methoxy groups -OCH3 is 2. The lowest BCUT2D eigenvalue weighted by Gasteiger charge is -2.09. The maximum Gasteiger partial charge on any atom is 0.342 e.